The molecule has 7 nitrogen and oxygen atoms in total. The van der Waals surface area contributed by atoms with Gasteiger partial charge >= 0.3 is 0 Å². The molecule has 1 aromatic carbocycles. The summed E-state index contributed by atoms with van der Waals surface area (Å²) in [6.45, 7) is 2.29. The van der Waals surface area contributed by atoms with Crippen LogP contribution in [-0.2, 0) is 16.4 Å². The van der Waals surface area contributed by atoms with Gasteiger partial charge in [-0.05, 0) is 19.1 Å². The van der Waals surface area contributed by atoms with Gasteiger partial charge in [-0.15, -0.1) is 11.3 Å². The Labute approximate surface area is 132 Å². The highest BCUT2D eigenvalue weighted by atomic mass is 32.2. The van der Waals surface area contributed by atoms with Crippen molar-refractivity contribution in [1.82, 2.24) is 4.98 Å². The molecule has 0 saturated carbocycles. The molecule has 22 heavy (non-hydrogen) atoms. The minimum absolute atomic E-state index is 0.0687. The number of nitrogens with zero attached hydrogens (tertiary/aromatic N) is 3. The summed E-state index contributed by atoms with van der Waals surface area (Å²) in [7, 11) is -1.79. The van der Waals surface area contributed by atoms with Crippen molar-refractivity contribution in [3.63, 3.8) is 0 Å². The van der Waals surface area contributed by atoms with E-state index in [2.05, 4.69) is 4.98 Å². The van der Waals surface area contributed by atoms with E-state index in [1.807, 2.05) is 12.3 Å². The molecule has 0 bridgehead atoms. The second-order valence-electron chi connectivity index (χ2n) is 4.89. The van der Waals surface area contributed by atoms with Crippen molar-refractivity contribution >= 4 is 32.5 Å². The third kappa shape index (κ3) is 3.60. The van der Waals surface area contributed by atoms with Crippen molar-refractivity contribution in [2.45, 2.75) is 18.4 Å². The average molecular weight is 341 g/mol. The highest BCUT2D eigenvalue weighted by Crippen LogP contribution is 2.31. The average Bonchev–Trinajstić information content (AvgIpc) is 2.82. The Bertz CT molecular complexity index is 814. The number of aryl methyl sites for hydroxylation is 1. The number of rotatable bonds is 5. The van der Waals surface area contributed by atoms with E-state index < -0.39 is 14.8 Å². The third-order valence-electron chi connectivity index (χ3n) is 3.05. The summed E-state index contributed by atoms with van der Waals surface area (Å²) in [6.07, 6.45) is 1.02. The smallest absolute Gasteiger partial charge is 0.293 e. The molecule has 0 unspecified atom stereocenters. The first-order valence-corrected chi connectivity index (χ1v) is 9.06. The standard InChI is InChI=1S/C13H15N3O4S2/c1-9-14-10(8-21-9)7-15(2)12-5-4-11(22(3,19)20)6-13(12)16(17)18/h4-6,8H,7H2,1-3H3. The van der Waals surface area contributed by atoms with E-state index in [4.69, 9.17) is 0 Å². The molecule has 0 spiro atoms. The van der Waals surface area contributed by atoms with Gasteiger partial charge in [0.25, 0.3) is 5.69 Å². The fraction of sp³-hybridized carbons (Fsp3) is 0.308. The molecule has 2 aromatic rings. The SMILES string of the molecule is Cc1nc(CN(C)c2ccc(S(C)(=O)=O)cc2[N+](=O)[O-])cs1. The van der Waals surface area contributed by atoms with Crippen LogP contribution in [0.2, 0.25) is 0 Å². The van der Waals surface area contributed by atoms with Gasteiger partial charge in [0.2, 0.25) is 0 Å². The Hall–Kier alpha value is -2.00. The number of nitro groups is 1. The molecule has 0 saturated heterocycles. The number of hydrogen-bond acceptors (Lipinski definition) is 7. The molecule has 1 heterocycles. The summed E-state index contributed by atoms with van der Waals surface area (Å²) in [5.41, 5.74) is 0.923. The normalized spacial score (nSPS) is 11.4. The Morgan fingerprint density at radius 1 is 1.41 bits per heavy atom. The van der Waals surface area contributed by atoms with Crippen molar-refractivity contribution in [2.24, 2.45) is 0 Å². The van der Waals surface area contributed by atoms with E-state index in [-0.39, 0.29) is 10.6 Å². The Morgan fingerprint density at radius 3 is 2.59 bits per heavy atom. The second kappa shape index (κ2) is 6.01. The minimum Gasteiger partial charge on any atom is -0.363 e. The lowest BCUT2D eigenvalue weighted by atomic mass is 10.2. The van der Waals surface area contributed by atoms with Gasteiger partial charge in [-0.1, -0.05) is 0 Å². The first kappa shape index (κ1) is 16.4. The molecular formula is C13H15N3O4S2. The summed E-state index contributed by atoms with van der Waals surface area (Å²) < 4.78 is 23.1. The van der Waals surface area contributed by atoms with Crippen LogP contribution in [0.5, 0.6) is 0 Å². The van der Waals surface area contributed by atoms with Gasteiger partial charge in [0.05, 0.1) is 27.1 Å². The summed E-state index contributed by atoms with van der Waals surface area (Å²) >= 11 is 1.51. The zero-order chi connectivity index (χ0) is 16.5. The number of sulfone groups is 1. The number of benzene rings is 1. The van der Waals surface area contributed by atoms with E-state index in [1.54, 1.807) is 11.9 Å². The number of hydrogen-bond donors (Lipinski definition) is 0. The predicted molar refractivity (Wildman–Crippen MR) is 85.2 cm³/mol. The molecule has 0 atom stereocenters. The fourth-order valence-electron chi connectivity index (χ4n) is 2.01. The van der Waals surface area contributed by atoms with Crippen LogP contribution in [-0.4, -0.2) is 31.6 Å². The van der Waals surface area contributed by atoms with Crippen LogP contribution in [0.15, 0.2) is 28.5 Å². The highest BCUT2D eigenvalue weighted by molar-refractivity contribution is 7.90. The monoisotopic (exact) mass is 341 g/mol. The summed E-state index contributed by atoms with van der Waals surface area (Å²) in [5.74, 6) is 0. The lowest BCUT2D eigenvalue weighted by molar-refractivity contribution is -0.384. The highest BCUT2D eigenvalue weighted by Gasteiger charge is 2.21. The predicted octanol–water partition coefficient (Wildman–Crippen LogP) is 2.40. The largest absolute Gasteiger partial charge is 0.363 e. The first-order valence-electron chi connectivity index (χ1n) is 6.29. The summed E-state index contributed by atoms with van der Waals surface area (Å²) in [6, 6.07) is 3.92. The molecule has 0 aliphatic heterocycles. The van der Waals surface area contributed by atoms with Crippen molar-refractivity contribution in [3.8, 4) is 0 Å². The second-order valence-corrected chi connectivity index (χ2v) is 7.97. The molecular weight excluding hydrogens is 326 g/mol. The Morgan fingerprint density at radius 2 is 2.09 bits per heavy atom. The number of aromatic nitrogens is 1. The molecule has 118 valence electrons. The number of anilines is 1. The molecule has 0 amide bonds. The number of nitro benzene ring substituents is 1. The lowest BCUT2D eigenvalue weighted by Gasteiger charge is -2.18. The fourth-order valence-corrected chi connectivity index (χ4v) is 3.26. The Balaban J connectivity index is 2.39. The first-order chi connectivity index (χ1) is 10.2. The van der Waals surface area contributed by atoms with Crippen LogP contribution < -0.4 is 4.90 Å². The lowest BCUT2D eigenvalue weighted by Crippen LogP contribution is -2.18. The van der Waals surface area contributed by atoms with Crippen LogP contribution >= 0.6 is 11.3 Å². The van der Waals surface area contributed by atoms with Gasteiger partial charge in [-0.2, -0.15) is 0 Å². The summed E-state index contributed by atoms with van der Waals surface area (Å²) in [5, 5.41) is 14.0. The van der Waals surface area contributed by atoms with Crippen LogP contribution in [0.4, 0.5) is 11.4 Å². The third-order valence-corrected chi connectivity index (χ3v) is 4.98. The van der Waals surface area contributed by atoms with Crippen LogP contribution in [0.3, 0.4) is 0 Å². The van der Waals surface area contributed by atoms with Crippen molar-refractivity contribution in [1.29, 1.82) is 0 Å². The number of thiazole rings is 1. The molecule has 0 aliphatic carbocycles. The molecule has 2 rings (SSSR count). The minimum atomic E-state index is -3.49. The van der Waals surface area contributed by atoms with Crippen molar-refractivity contribution in [3.05, 3.63) is 44.4 Å². The molecule has 0 radical (unpaired) electrons. The van der Waals surface area contributed by atoms with Crippen LogP contribution in [0.1, 0.15) is 10.7 Å². The van der Waals surface area contributed by atoms with E-state index >= 15 is 0 Å². The van der Waals surface area contributed by atoms with Gasteiger partial charge in [0, 0.05) is 24.7 Å². The maximum atomic E-state index is 11.5. The van der Waals surface area contributed by atoms with Crippen molar-refractivity contribution < 1.29 is 13.3 Å². The van der Waals surface area contributed by atoms with Crippen LogP contribution in [0, 0.1) is 17.0 Å². The van der Waals surface area contributed by atoms with Gasteiger partial charge in [0.1, 0.15) is 5.69 Å². The molecule has 9 heteroatoms. The Kier molecular flexibility index (Phi) is 4.47. The molecule has 0 aliphatic rings. The molecule has 0 N–H and O–H groups in total. The zero-order valence-electron chi connectivity index (χ0n) is 12.3. The van der Waals surface area contributed by atoms with Gasteiger partial charge in [-0.25, -0.2) is 13.4 Å². The molecule has 0 fully saturated rings. The van der Waals surface area contributed by atoms with Crippen LogP contribution in [0.25, 0.3) is 0 Å². The molecule has 1 aromatic heterocycles. The van der Waals surface area contributed by atoms with E-state index in [0.717, 1.165) is 23.0 Å². The zero-order valence-corrected chi connectivity index (χ0v) is 13.9. The van der Waals surface area contributed by atoms with Gasteiger partial charge in [0.15, 0.2) is 9.84 Å². The van der Waals surface area contributed by atoms with E-state index in [9.17, 15) is 18.5 Å². The quantitative estimate of drug-likeness (QED) is 0.612. The van der Waals surface area contributed by atoms with E-state index in [1.165, 1.54) is 23.5 Å². The summed E-state index contributed by atoms with van der Waals surface area (Å²) in [4.78, 5) is 16.6. The van der Waals surface area contributed by atoms with Crippen molar-refractivity contribution in [2.75, 3.05) is 18.2 Å². The topological polar surface area (TPSA) is 93.4 Å². The van der Waals surface area contributed by atoms with Gasteiger partial charge < -0.3 is 4.90 Å². The maximum Gasteiger partial charge on any atom is 0.293 e. The van der Waals surface area contributed by atoms with Gasteiger partial charge in [-0.3, -0.25) is 10.1 Å². The maximum absolute atomic E-state index is 11.5. The van der Waals surface area contributed by atoms with E-state index in [0.29, 0.717) is 12.2 Å².